The molecular formula is C32H39F5O. The van der Waals surface area contributed by atoms with Crippen LogP contribution in [-0.2, 0) is 12.8 Å². The largest absolute Gasteiger partial charge is 0.573 e. The predicted octanol–water partition coefficient (Wildman–Crippen LogP) is 10.2. The van der Waals surface area contributed by atoms with Crippen molar-refractivity contribution in [1.29, 1.82) is 0 Å². The quantitative estimate of drug-likeness (QED) is 0.167. The van der Waals surface area contributed by atoms with Gasteiger partial charge in [0.05, 0.1) is 0 Å². The maximum Gasteiger partial charge on any atom is 0.573 e. The molecule has 2 aromatic carbocycles. The average molecular weight is 535 g/mol. The van der Waals surface area contributed by atoms with Crippen molar-refractivity contribution >= 4 is 0 Å². The van der Waals surface area contributed by atoms with Crippen molar-refractivity contribution in [2.75, 3.05) is 0 Å². The molecule has 0 N–H and O–H groups in total. The molecule has 0 aliphatic heterocycles. The zero-order chi connectivity index (χ0) is 27.1. The molecule has 0 radical (unpaired) electrons. The predicted molar refractivity (Wildman–Crippen MR) is 141 cm³/mol. The first kappa shape index (κ1) is 28.6. The van der Waals surface area contributed by atoms with Crippen LogP contribution in [0.25, 0.3) is 0 Å². The molecule has 4 rings (SSSR count). The summed E-state index contributed by atoms with van der Waals surface area (Å²) in [5.74, 6) is 0.397. The summed E-state index contributed by atoms with van der Waals surface area (Å²) in [7, 11) is 0. The molecule has 1 saturated carbocycles. The third-order valence-electron chi connectivity index (χ3n) is 8.52. The van der Waals surface area contributed by atoms with Gasteiger partial charge in [0.15, 0.2) is 0 Å². The highest BCUT2D eigenvalue weighted by atomic mass is 19.4. The molecule has 0 bridgehead atoms. The standard InChI is InChI=1S/C32H39F5O/c1-22-6-8-23(9-7-22)4-2-3-5-24-10-15-26(16-11-24)27-20-30(33)29(31(34)21-27)19-14-25-12-17-28(18-13-25)38-32(35,36)37/h6,12-13,17-18,20-21,23-24,26H,2-5,7-11,14-16,19H2,1H3. The smallest absolute Gasteiger partial charge is 0.406 e. The fourth-order valence-electron chi connectivity index (χ4n) is 6.16. The molecule has 1 unspecified atom stereocenters. The lowest BCUT2D eigenvalue weighted by Gasteiger charge is -2.29. The fourth-order valence-corrected chi connectivity index (χ4v) is 6.16. The molecule has 0 aromatic heterocycles. The fraction of sp³-hybridized carbons (Fsp3) is 0.562. The van der Waals surface area contributed by atoms with E-state index in [1.165, 1.54) is 81.3 Å². The number of hydrogen-bond donors (Lipinski definition) is 0. The number of allylic oxidation sites excluding steroid dienone is 2. The molecule has 1 atom stereocenters. The van der Waals surface area contributed by atoms with Gasteiger partial charge in [0.25, 0.3) is 0 Å². The van der Waals surface area contributed by atoms with Crippen LogP contribution in [0.3, 0.4) is 0 Å². The van der Waals surface area contributed by atoms with E-state index >= 15 is 0 Å². The number of ether oxygens (including phenoxy) is 1. The second kappa shape index (κ2) is 13.1. The Morgan fingerprint density at radius 3 is 2.03 bits per heavy atom. The number of benzene rings is 2. The van der Waals surface area contributed by atoms with E-state index in [0.717, 1.165) is 43.1 Å². The van der Waals surface area contributed by atoms with Crippen LogP contribution in [0, 0.1) is 23.5 Å². The molecule has 1 fully saturated rings. The highest BCUT2D eigenvalue weighted by molar-refractivity contribution is 5.31. The van der Waals surface area contributed by atoms with Gasteiger partial charge < -0.3 is 4.74 Å². The molecular weight excluding hydrogens is 495 g/mol. The Bertz CT molecular complexity index is 1040. The summed E-state index contributed by atoms with van der Waals surface area (Å²) < 4.78 is 70.6. The van der Waals surface area contributed by atoms with Crippen LogP contribution < -0.4 is 4.74 Å². The SMILES string of the molecule is CC1=CCC(CCCCC2CCC(c3cc(F)c(CCc4ccc(OC(F)(F)F)cc4)c(F)c3)CC2)CC1. The molecule has 38 heavy (non-hydrogen) atoms. The summed E-state index contributed by atoms with van der Waals surface area (Å²) in [6.07, 6.45) is 11.3. The Morgan fingerprint density at radius 1 is 0.816 bits per heavy atom. The number of aryl methyl sites for hydroxylation is 1. The summed E-state index contributed by atoms with van der Waals surface area (Å²) in [5.41, 5.74) is 3.00. The number of halogens is 5. The molecule has 2 aliphatic carbocycles. The Labute approximate surface area is 223 Å². The number of hydrogen-bond acceptors (Lipinski definition) is 1. The van der Waals surface area contributed by atoms with Gasteiger partial charge in [0.2, 0.25) is 0 Å². The summed E-state index contributed by atoms with van der Waals surface area (Å²) in [4.78, 5) is 0. The summed E-state index contributed by atoms with van der Waals surface area (Å²) >= 11 is 0. The Morgan fingerprint density at radius 2 is 1.45 bits per heavy atom. The maximum absolute atomic E-state index is 14.9. The van der Waals surface area contributed by atoms with Crippen LogP contribution in [0.5, 0.6) is 5.75 Å². The minimum absolute atomic E-state index is 0.0293. The van der Waals surface area contributed by atoms with Gasteiger partial charge in [0.1, 0.15) is 17.4 Å². The van der Waals surface area contributed by atoms with Crippen LogP contribution >= 0.6 is 0 Å². The van der Waals surface area contributed by atoms with Crippen molar-refractivity contribution in [1.82, 2.24) is 0 Å². The number of unbranched alkanes of at least 4 members (excludes halogenated alkanes) is 1. The van der Waals surface area contributed by atoms with Crippen molar-refractivity contribution < 1.29 is 26.7 Å². The zero-order valence-corrected chi connectivity index (χ0v) is 22.3. The van der Waals surface area contributed by atoms with Crippen molar-refractivity contribution in [3.8, 4) is 5.75 Å². The minimum Gasteiger partial charge on any atom is -0.406 e. The van der Waals surface area contributed by atoms with Crippen LogP contribution in [0.15, 0.2) is 48.0 Å². The summed E-state index contributed by atoms with van der Waals surface area (Å²) in [6.45, 7) is 2.23. The molecule has 1 nitrogen and oxygen atoms in total. The van der Waals surface area contributed by atoms with Crippen molar-refractivity contribution in [3.63, 3.8) is 0 Å². The first-order valence-electron chi connectivity index (χ1n) is 14.1. The second-order valence-electron chi connectivity index (χ2n) is 11.3. The normalized spacial score (nSPS) is 22.3. The van der Waals surface area contributed by atoms with Gasteiger partial charge in [-0.3, -0.25) is 0 Å². The lowest BCUT2D eigenvalue weighted by molar-refractivity contribution is -0.274. The molecule has 0 saturated heterocycles. The lowest BCUT2D eigenvalue weighted by Crippen LogP contribution is -2.17. The van der Waals surface area contributed by atoms with E-state index in [1.807, 2.05) is 0 Å². The number of alkyl halides is 3. The second-order valence-corrected chi connectivity index (χ2v) is 11.3. The molecule has 208 valence electrons. The molecule has 6 heteroatoms. The van der Waals surface area contributed by atoms with Gasteiger partial charge in [-0.1, -0.05) is 49.5 Å². The first-order chi connectivity index (χ1) is 18.2. The third kappa shape index (κ3) is 8.57. The molecule has 0 amide bonds. The van der Waals surface area contributed by atoms with Crippen molar-refractivity contribution in [2.45, 2.75) is 103 Å². The van der Waals surface area contributed by atoms with Gasteiger partial charge in [-0.05, 0) is 118 Å². The lowest BCUT2D eigenvalue weighted by atomic mass is 9.76. The van der Waals surface area contributed by atoms with Crippen LogP contribution in [0.1, 0.15) is 100 Å². The van der Waals surface area contributed by atoms with Gasteiger partial charge in [-0.2, -0.15) is 0 Å². The van der Waals surface area contributed by atoms with Crippen LogP contribution in [-0.4, -0.2) is 6.36 Å². The third-order valence-corrected chi connectivity index (χ3v) is 8.52. The van der Waals surface area contributed by atoms with E-state index in [9.17, 15) is 22.0 Å². The molecule has 2 aromatic rings. The van der Waals surface area contributed by atoms with E-state index in [4.69, 9.17) is 0 Å². The zero-order valence-electron chi connectivity index (χ0n) is 22.3. The summed E-state index contributed by atoms with van der Waals surface area (Å²) in [5, 5.41) is 0. The van der Waals surface area contributed by atoms with Crippen molar-refractivity contribution in [3.05, 3.63) is 76.4 Å². The van der Waals surface area contributed by atoms with Gasteiger partial charge in [0, 0.05) is 5.56 Å². The monoisotopic (exact) mass is 534 g/mol. The topological polar surface area (TPSA) is 9.23 Å². The maximum atomic E-state index is 14.9. The molecule has 0 heterocycles. The van der Waals surface area contributed by atoms with Gasteiger partial charge in [-0.15, -0.1) is 13.2 Å². The van der Waals surface area contributed by atoms with Gasteiger partial charge in [-0.25, -0.2) is 8.78 Å². The van der Waals surface area contributed by atoms with Crippen LogP contribution in [0.4, 0.5) is 22.0 Å². The van der Waals surface area contributed by atoms with E-state index in [-0.39, 0.29) is 23.7 Å². The average Bonchev–Trinajstić information content (AvgIpc) is 2.87. The molecule has 2 aliphatic rings. The highest BCUT2D eigenvalue weighted by Crippen LogP contribution is 2.39. The van der Waals surface area contributed by atoms with E-state index in [0.29, 0.717) is 12.0 Å². The summed E-state index contributed by atoms with van der Waals surface area (Å²) in [6, 6.07) is 8.37. The Hall–Kier alpha value is -2.37. The van der Waals surface area contributed by atoms with E-state index < -0.39 is 18.0 Å². The molecule has 0 spiro atoms. The van der Waals surface area contributed by atoms with Gasteiger partial charge >= 0.3 is 6.36 Å². The Kier molecular flexibility index (Phi) is 9.89. The van der Waals surface area contributed by atoms with E-state index in [1.54, 1.807) is 5.57 Å². The minimum atomic E-state index is -4.75. The van der Waals surface area contributed by atoms with Crippen LogP contribution in [0.2, 0.25) is 0 Å². The van der Waals surface area contributed by atoms with E-state index in [2.05, 4.69) is 17.7 Å². The Balaban J connectivity index is 1.21. The number of rotatable bonds is 10. The van der Waals surface area contributed by atoms with Crippen molar-refractivity contribution in [2.24, 2.45) is 11.8 Å². The highest BCUT2D eigenvalue weighted by Gasteiger charge is 2.31. The first-order valence-corrected chi connectivity index (χ1v) is 14.1.